The van der Waals surface area contributed by atoms with Gasteiger partial charge >= 0.3 is 0 Å². The summed E-state index contributed by atoms with van der Waals surface area (Å²) in [6.45, 7) is 2.45. The maximum Gasteiger partial charge on any atom is 0.248 e. The molecule has 4 nitrogen and oxygen atoms in total. The van der Waals surface area contributed by atoms with Crippen LogP contribution in [0.1, 0.15) is 23.3 Å². The number of sulfonamides is 1. The van der Waals surface area contributed by atoms with Crippen molar-refractivity contribution in [1.82, 2.24) is 9.21 Å². The van der Waals surface area contributed by atoms with Crippen molar-refractivity contribution in [1.29, 1.82) is 0 Å². The fraction of sp³-hybridized carbons (Fsp3) is 0.444. The van der Waals surface area contributed by atoms with Crippen LogP contribution < -0.4 is 0 Å². The summed E-state index contributed by atoms with van der Waals surface area (Å²) in [6.07, 6.45) is 2.38. The Morgan fingerprint density at radius 2 is 1.73 bits per heavy atom. The van der Waals surface area contributed by atoms with Crippen LogP contribution in [0.3, 0.4) is 0 Å². The highest BCUT2D eigenvalue weighted by atomic mass is 32.2. The van der Waals surface area contributed by atoms with Gasteiger partial charge in [-0.05, 0) is 48.4 Å². The van der Waals surface area contributed by atoms with Gasteiger partial charge in [0.1, 0.15) is 11.6 Å². The molecule has 2 aliphatic rings. The first-order valence-corrected chi connectivity index (χ1v) is 11.0. The van der Waals surface area contributed by atoms with Gasteiger partial charge in [0, 0.05) is 37.1 Å². The lowest BCUT2D eigenvalue weighted by Gasteiger charge is -2.39. The second-order valence-electron chi connectivity index (χ2n) is 6.78. The molecule has 3 heterocycles. The Hall–Kier alpha value is -1.35. The molecule has 26 heavy (non-hydrogen) atoms. The Bertz CT molecular complexity index is 885. The van der Waals surface area contributed by atoms with E-state index in [0.717, 1.165) is 31.6 Å². The van der Waals surface area contributed by atoms with Gasteiger partial charge in [-0.15, -0.1) is 11.3 Å². The first-order chi connectivity index (χ1) is 12.5. The van der Waals surface area contributed by atoms with Crippen molar-refractivity contribution in [2.45, 2.75) is 36.7 Å². The second-order valence-corrected chi connectivity index (χ2v) is 9.65. The van der Waals surface area contributed by atoms with Gasteiger partial charge in [-0.2, -0.15) is 4.31 Å². The monoisotopic (exact) mass is 398 g/mol. The smallest absolute Gasteiger partial charge is 0.248 e. The summed E-state index contributed by atoms with van der Waals surface area (Å²) in [4.78, 5) is 3.01. The molecule has 0 amide bonds. The molecule has 1 saturated heterocycles. The van der Waals surface area contributed by atoms with Gasteiger partial charge in [0.05, 0.1) is 0 Å². The highest BCUT2D eigenvalue weighted by molar-refractivity contribution is 7.89. The van der Waals surface area contributed by atoms with Gasteiger partial charge in [0.15, 0.2) is 4.90 Å². The van der Waals surface area contributed by atoms with Gasteiger partial charge in [-0.25, -0.2) is 17.2 Å². The lowest BCUT2D eigenvalue weighted by atomic mass is 10.0. The lowest BCUT2D eigenvalue weighted by molar-refractivity contribution is 0.127. The van der Waals surface area contributed by atoms with Gasteiger partial charge in [-0.3, -0.25) is 4.90 Å². The van der Waals surface area contributed by atoms with Crippen LogP contribution in [0.5, 0.6) is 0 Å². The zero-order valence-electron chi connectivity index (χ0n) is 14.2. The fourth-order valence-corrected chi connectivity index (χ4v) is 6.36. The maximum absolute atomic E-state index is 13.9. The summed E-state index contributed by atoms with van der Waals surface area (Å²) in [6, 6.07) is 5.60. The number of piperidine rings is 1. The van der Waals surface area contributed by atoms with E-state index in [1.807, 2.05) is 0 Å². The molecular formula is C18H20F2N2O2S2. The van der Waals surface area contributed by atoms with Gasteiger partial charge in [-0.1, -0.05) is 6.07 Å². The van der Waals surface area contributed by atoms with E-state index in [1.54, 1.807) is 11.3 Å². The standard InChI is InChI=1S/C18H20F2N2O2S2/c19-15-2-1-3-16(20)18(15)26(23,24)22-9-4-14(5-10-22)21-8-6-17-13(12-21)7-11-25-17/h1-3,7,11,14H,4-6,8-10,12H2. The van der Waals surface area contributed by atoms with Crippen molar-refractivity contribution >= 4 is 21.4 Å². The van der Waals surface area contributed by atoms with Crippen LogP contribution in [0.4, 0.5) is 8.78 Å². The van der Waals surface area contributed by atoms with Crippen molar-refractivity contribution in [2.75, 3.05) is 19.6 Å². The van der Waals surface area contributed by atoms with E-state index >= 15 is 0 Å². The number of hydrogen-bond acceptors (Lipinski definition) is 4. The number of nitrogens with zero attached hydrogens (tertiary/aromatic N) is 2. The van der Waals surface area contributed by atoms with Gasteiger partial charge < -0.3 is 0 Å². The van der Waals surface area contributed by atoms with E-state index in [9.17, 15) is 17.2 Å². The van der Waals surface area contributed by atoms with Crippen LogP contribution in [-0.2, 0) is 23.0 Å². The minimum atomic E-state index is -4.15. The quantitative estimate of drug-likeness (QED) is 0.797. The number of rotatable bonds is 3. The summed E-state index contributed by atoms with van der Waals surface area (Å²) in [5.41, 5.74) is 1.37. The third kappa shape index (κ3) is 3.19. The first kappa shape index (κ1) is 18.0. The summed E-state index contributed by atoms with van der Waals surface area (Å²) < 4.78 is 54.4. The predicted octanol–water partition coefficient (Wildman–Crippen LogP) is 3.24. The zero-order valence-corrected chi connectivity index (χ0v) is 15.8. The number of fused-ring (bicyclic) bond motifs is 1. The van der Waals surface area contributed by atoms with Crippen LogP contribution >= 0.6 is 11.3 Å². The second kappa shape index (κ2) is 6.99. The van der Waals surface area contributed by atoms with E-state index in [2.05, 4.69) is 16.3 Å². The van der Waals surface area contributed by atoms with Crippen LogP contribution in [0, 0.1) is 11.6 Å². The molecule has 0 N–H and O–H groups in total. The van der Waals surface area contributed by atoms with E-state index in [1.165, 1.54) is 20.8 Å². The van der Waals surface area contributed by atoms with E-state index < -0.39 is 26.6 Å². The predicted molar refractivity (Wildman–Crippen MR) is 96.6 cm³/mol. The average molecular weight is 399 g/mol. The Morgan fingerprint density at radius 3 is 2.42 bits per heavy atom. The summed E-state index contributed by atoms with van der Waals surface area (Å²) >= 11 is 1.79. The van der Waals surface area contributed by atoms with Crippen LogP contribution in [-0.4, -0.2) is 43.3 Å². The molecule has 2 aliphatic heterocycles. The third-order valence-corrected chi connectivity index (χ3v) is 8.27. The minimum Gasteiger partial charge on any atom is -0.296 e. The summed E-state index contributed by atoms with van der Waals surface area (Å²) in [5.74, 6) is -2.07. The molecule has 140 valence electrons. The number of halogens is 2. The highest BCUT2D eigenvalue weighted by Crippen LogP contribution is 2.30. The van der Waals surface area contributed by atoms with Crippen molar-refractivity contribution in [2.24, 2.45) is 0 Å². The molecule has 0 radical (unpaired) electrons. The number of hydrogen-bond donors (Lipinski definition) is 0. The molecule has 4 rings (SSSR count). The SMILES string of the molecule is O=S(=O)(c1c(F)cccc1F)N1CCC(N2CCc3sccc3C2)CC1. The first-order valence-electron chi connectivity index (χ1n) is 8.70. The Labute approximate surface area is 156 Å². The van der Waals surface area contributed by atoms with Crippen LogP contribution in [0.25, 0.3) is 0 Å². The maximum atomic E-state index is 13.9. The van der Waals surface area contributed by atoms with E-state index in [4.69, 9.17) is 0 Å². The van der Waals surface area contributed by atoms with Gasteiger partial charge in [0.2, 0.25) is 10.0 Å². The molecule has 1 fully saturated rings. The zero-order chi connectivity index (χ0) is 18.3. The fourth-order valence-electron chi connectivity index (χ4n) is 3.89. The molecule has 0 spiro atoms. The molecule has 0 saturated carbocycles. The van der Waals surface area contributed by atoms with Crippen LogP contribution in [0.15, 0.2) is 34.5 Å². The molecule has 0 atom stereocenters. The highest BCUT2D eigenvalue weighted by Gasteiger charge is 2.35. The van der Waals surface area contributed by atoms with E-state index in [-0.39, 0.29) is 13.1 Å². The normalized spacial score (nSPS) is 20.2. The Balaban J connectivity index is 1.45. The Kier molecular flexibility index (Phi) is 4.85. The van der Waals surface area contributed by atoms with Gasteiger partial charge in [0.25, 0.3) is 0 Å². The molecule has 1 aromatic heterocycles. The largest absolute Gasteiger partial charge is 0.296 e. The Morgan fingerprint density at radius 1 is 1.04 bits per heavy atom. The number of benzene rings is 1. The van der Waals surface area contributed by atoms with E-state index in [0.29, 0.717) is 18.9 Å². The lowest BCUT2D eigenvalue weighted by Crippen LogP contribution is -2.48. The number of thiophene rings is 1. The van der Waals surface area contributed by atoms with Crippen molar-refractivity contribution in [3.05, 3.63) is 51.7 Å². The molecule has 0 aliphatic carbocycles. The van der Waals surface area contributed by atoms with Crippen molar-refractivity contribution in [3.8, 4) is 0 Å². The molecule has 0 bridgehead atoms. The molecule has 2 aromatic rings. The third-order valence-electron chi connectivity index (χ3n) is 5.29. The minimum absolute atomic E-state index is 0.285. The van der Waals surface area contributed by atoms with Crippen LogP contribution in [0.2, 0.25) is 0 Å². The molecule has 8 heteroatoms. The molecule has 0 unspecified atom stereocenters. The molecule has 1 aromatic carbocycles. The summed E-state index contributed by atoms with van der Waals surface area (Å²) in [7, 11) is -4.15. The van der Waals surface area contributed by atoms with Crippen molar-refractivity contribution in [3.63, 3.8) is 0 Å². The topological polar surface area (TPSA) is 40.6 Å². The molecular weight excluding hydrogens is 378 g/mol. The van der Waals surface area contributed by atoms with Crippen molar-refractivity contribution < 1.29 is 17.2 Å². The average Bonchev–Trinajstić information content (AvgIpc) is 3.09. The summed E-state index contributed by atoms with van der Waals surface area (Å²) in [5, 5.41) is 2.12.